The van der Waals surface area contributed by atoms with Crippen LogP contribution in [0.2, 0.25) is 0 Å². The van der Waals surface area contributed by atoms with Crippen LogP contribution in [0.25, 0.3) is 0 Å². The lowest BCUT2D eigenvalue weighted by molar-refractivity contribution is -0.248. The minimum absolute atomic E-state index is 0.0435. The summed E-state index contributed by atoms with van der Waals surface area (Å²) in [5.41, 5.74) is 0. The Kier molecular flexibility index (Phi) is 4.42. The molecule has 0 atom stereocenters. The van der Waals surface area contributed by atoms with Gasteiger partial charge in [0.15, 0.2) is 6.29 Å². The molecule has 0 N–H and O–H groups in total. The van der Waals surface area contributed by atoms with Crippen LogP contribution >= 0.6 is 0 Å². The third-order valence-corrected chi connectivity index (χ3v) is 3.33. The van der Waals surface area contributed by atoms with Crippen molar-refractivity contribution in [2.24, 2.45) is 5.92 Å². The van der Waals surface area contributed by atoms with E-state index in [4.69, 9.17) is 14.2 Å². The molecule has 3 nitrogen and oxygen atoms in total. The molecule has 3 heteroatoms. The van der Waals surface area contributed by atoms with Crippen LogP contribution in [-0.4, -0.2) is 32.2 Å². The highest BCUT2D eigenvalue weighted by Crippen LogP contribution is 2.30. The molecule has 88 valence electrons. The monoisotopic (exact) mass is 214 g/mol. The summed E-state index contributed by atoms with van der Waals surface area (Å²) in [4.78, 5) is 0. The summed E-state index contributed by atoms with van der Waals surface area (Å²) >= 11 is 0. The molecule has 0 aromatic rings. The molecule has 2 fully saturated rings. The van der Waals surface area contributed by atoms with E-state index < -0.39 is 0 Å². The van der Waals surface area contributed by atoms with Crippen LogP contribution in [0.5, 0.6) is 0 Å². The highest BCUT2D eigenvalue weighted by molar-refractivity contribution is 4.72. The van der Waals surface area contributed by atoms with Crippen molar-refractivity contribution in [1.82, 2.24) is 0 Å². The number of ether oxygens (including phenoxy) is 3. The van der Waals surface area contributed by atoms with Gasteiger partial charge in [-0.3, -0.25) is 0 Å². The standard InChI is InChI=1S/C12H22O3/c1-2-13-11-8-14-12(15-9-11)10-6-4-3-5-7-10/h10-12H,2-9H2,1H3. The number of hydrogen-bond donors (Lipinski definition) is 0. The Labute approximate surface area is 92.1 Å². The van der Waals surface area contributed by atoms with Gasteiger partial charge in [0.05, 0.1) is 13.2 Å². The molecule has 2 aliphatic rings. The van der Waals surface area contributed by atoms with Crippen molar-refractivity contribution >= 4 is 0 Å². The normalized spacial score (nSPS) is 34.2. The van der Waals surface area contributed by atoms with E-state index in [1.807, 2.05) is 6.92 Å². The second-order valence-corrected chi connectivity index (χ2v) is 4.51. The van der Waals surface area contributed by atoms with Gasteiger partial charge in [0.2, 0.25) is 0 Å². The van der Waals surface area contributed by atoms with Gasteiger partial charge >= 0.3 is 0 Å². The summed E-state index contributed by atoms with van der Waals surface area (Å²) in [7, 11) is 0. The lowest BCUT2D eigenvalue weighted by Crippen LogP contribution is -2.41. The van der Waals surface area contributed by atoms with Crippen molar-refractivity contribution in [3.63, 3.8) is 0 Å². The van der Waals surface area contributed by atoms with E-state index in [2.05, 4.69) is 0 Å². The smallest absolute Gasteiger partial charge is 0.160 e. The largest absolute Gasteiger partial charge is 0.374 e. The third-order valence-electron chi connectivity index (χ3n) is 3.33. The minimum atomic E-state index is 0.0435. The topological polar surface area (TPSA) is 27.7 Å². The van der Waals surface area contributed by atoms with Gasteiger partial charge in [-0.05, 0) is 19.8 Å². The van der Waals surface area contributed by atoms with Crippen molar-refractivity contribution in [3.8, 4) is 0 Å². The van der Waals surface area contributed by atoms with Gasteiger partial charge in [0, 0.05) is 12.5 Å². The maximum atomic E-state index is 5.74. The SMILES string of the molecule is CCOC1COC(C2CCCCC2)OC1. The summed E-state index contributed by atoms with van der Waals surface area (Å²) in [6.07, 6.45) is 6.78. The molecule has 1 aliphatic heterocycles. The predicted molar refractivity (Wildman–Crippen MR) is 57.7 cm³/mol. The van der Waals surface area contributed by atoms with Crippen LogP contribution < -0.4 is 0 Å². The van der Waals surface area contributed by atoms with Gasteiger partial charge in [0.25, 0.3) is 0 Å². The first-order valence-corrected chi connectivity index (χ1v) is 6.25. The lowest BCUT2D eigenvalue weighted by Gasteiger charge is -2.35. The molecule has 15 heavy (non-hydrogen) atoms. The summed E-state index contributed by atoms with van der Waals surface area (Å²) in [5, 5.41) is 0. The van der Waals surface area contributed by atoms with Crippen LogP contribution in [0.3, 0.4) is 0 Å². The first-order chi connectivity index (χ1) is 7.40. The second-order valence-electron chi connectivity index (χ2n) is 4.51. The minimum Gasteiger partial charge on any atom is -0.374 e. The quantitative estimate of drug-likeness (QED) is 0.721. The van der Waals surface area contributed by atoms with E-state index >= 15 is 0 Å². The molecule has 0 amide bonds. The average molecular weight is 214 g/mol. The average Bonchev–Trinajstić information content (AvgIpc) is 2.32. The Hall–Kier alpha value is -0.120. The molecule has 0 unspecified atom stereocenters. The predicted octanol–water partition coefficient (Wildman–Crippen LogP) is 2.34. The molecule has 0 aromatic heterocycles. The van der Waals surface area contributed by atoms with Gasteiger partial charge in [-0.1, -0.05) is 19.3 Å². The Bertz CT molecular complexity index is 170. The Morgan fingerprint density at radius 1 is 1.07 bits per heavy atom. The maximum Gasteiger partial charge on any atom is 0.160 e. The van der Waals surface area contributed by atoms with Gasteiger partial charge in [-0.2, -0.15) is 0 Å². The van der Waals surface area contributed by atoms with E-state index in [-0.39, 0.29) is 12.4 Å². The Morgan fingerprint density at radius 2 is 1.73 bits per heavy atom. The second kappa shape index (κ2) is 5.83. The molecule has 0 spiro atoms. The molecule has 0 bridgehead atoms. The molecule has 1 aliphatic carbocycles. The lowest BCUT2D eigenvalue weighted by atomic mass is 9.88. The Balaban J connectivity index is 1.72. The van der Waals surface area contributed by atoms with Crippen molar-refractivity contribution in [1.29, 1.82) is 0 Å². The van der Waals surface area contributed by atoms with Crippen LogP contribution in [0.15, 0.2) is 0 Å². The molecule has 2 rings (SSSR count). The number of hydrogen-bond acceptors (Lipinski definition) is 3. The van der Waals surface area contributed by atoms with Crippen LogP contribution in [0.4, 0.5) is 0 Å². The zero-order chi connectivity index (χ0) is 10.5. The zero-order valence-corrected chi connectivity index (χ0v) is 9.61. The molecule has 1 saturated carbocycles. The molecule has 1 heterocycles. The molecule has 0 aromatic carbocycles. The highest BCUT2D eigenvalue weighted by atomic mass is 16.7. The fourth-order valence-corrected chi connectivity index (χ4v) is 2.51. The number of rotatable bonds is 3. The summed E-state index contributed by atoms with van der Waals surface area (Å²) in [6, 6.07) is 0. The van der Waals surface area contributed by atoms with Crippen molar-refractivity contribution in [2.45, 2.75) is 51.4 Å². The summed E-state index contributed by atoms with van der Waals surface area (Å²) in [5.74, 6) is 0.626. The van der Waals surface area contributed by atoms with Crippen LogP contribution in [0, 0.1) is 5.92 Å². The van der Waals surface area contributed by atoms with E-state index in [1.165, 1.54) is 32.1 Å². The molecular weight excluding hydrogens is 192 g/mol. The molecule has 1 saturated heterocycles. The first kappa shape index (κ1) is 11.4. The van der Waals surface area contributed by atoms with E-state index in [9.17, 15) is 0 Å². The summed E-state index contributed by atoms with van der Waals surface area (Å²) < 4.78 is 16.9. The van der Waals surface area contributed by atoms with Gasteiger partial charge < -0.3 is 14.2 Å². The van der Waals surface area contributed by atoms with Gasteiger partial charge in [0.1, 0.15) is 6.10 Å². The van der Waals surface area contributed by atoms with Crippen molar-refractivity contribution in [2.75, 3.05) is 19.8 Å². The van der Waals surface area contributed by atoms with Crippen molar-refractivity contribution < 1.29 is 14.2 Å². The molecular formula is C12H22O3. The fraction of sp³-hybridized carbons (Fsp3) is 1.00. The first-order valence-electron chi connectivity index (χ1n) is 6.25. The van der Waals surface area contributed by atoms with E-state index in [0.717, 1.165) is 6.61 Å². The third kappa shape index (κ3) is 3.16. The van der Waals surface area contributed by atoms with E-state index in [0.29, 0.717) is 19.1 Å². The summed E-state index contributed by atoms with van der Waals surface area (Å²) in [6.45, 7) is 4.16. The van der Waals surface area contributed by atoms with Gasteiger partial charge in [-0.15, -0.1) is 0 Å². The Morgan fingerprint density at radius 3 is 2.33 bits per heavy atom. The van der Waals surface area contributed by atoms with Crippen LogP contribution in [0.1, 0.15) is 39.0 Å². The zero-order valence-electron chi connectivity index (χ0n) is 9.61. The van der Waals surface area contributed by atoms with Gasteiger partial charge in [-0.25, -0.2) is 0 Å². The van der Waals surface area contributed by atoms with Crippen LogP contribution in [-0.2, 0) is 14.2 Å². The maximum absolute atomic E-state index is 5.74. The molecule has 0 radical (unpaired) electrons. The fourth-order valence-electron chi connectivity index (χ4n) is 2.51. The van der Waals surface area contributed by atoms with E-state index in [1.54, 1.807) is 0 Å². The highest BCUT2D eigenvalue weighted by Gasteiger charge is 2.30. The van der Waals surface area contributed by atoms with Crippen molar-refractivity contribution in [3.05, 3.63) is 0 Å².